The number of benzene rings is 2. The molecular formula is C17H14N2O2S. The lowest BCUT2D eigenvalue weighted by molar-refractivity contribution is -0.125. The monoisotopic (exact) mass is 310 g/mol. The summed E-state index contributed by atoms with van der Waals surface area (Å²) in [6.07, 6.45) is -0.472. The van der Waals surface area contributed by atoms with Crippen LogP contribution in [-0.2, 0) is 15.1 Å². The summed E-state index contributed by atoms with van der Waals surface area (Å²) < 4.78 is 5.83. The minimum Gasteiger partial charge on any atom is -0.459 e. The summed E-state index contributed by atoms with van der Waals surface area (Å²) in [5.74, 6) is -0.0533. The lowest BCUT2D eigenvalue weighted by atomic mass is 9.83. The number of amides is 1. The number of carbonyl (C=O) groups is 1. The van der Waals surface area contributed by atoms with Gasteiger partial charge in [0.05, 0.1) is 0 Å². The molecule has 1 fully saturated rings. The van der Waals surface area contributed by atoms with Crippen LogP contribution in [0.25, 0.3) is 0 Å². The smallest absolute Gasteiger partial charge is 0.261 e. The maximum atomic E-state index is 13.0. The van der Waals surface area contributed by atoms with Crippen molar-refractivity contribution in [2.45, 2.75) is 11.6 Å². The van der Waals surface area contributed by atoms with E-state index in [0.29, 0.717) is 0 Å². The van der Waals surface area contributed by atoms with Crippen LogP contribution in [-0.4, -0.2) is 18.1 Å². The highest BCUT2D eigenvalue weighted by Crippen LogP contribution is 2.50. The first kappa shape index (κ1) is 13.3. The molecule has 1 N–H and O–H groups in total. The van der Waals surface area contributed by atoms with Crippen LogP contribution in [0, 0.1) is 0 Å². The highest BCUT2D eigenvalue weighted by molar-refractivity contribution is 7.80. The van der Waals surface area contributed by atoms with Gasteiger partial charge in [0.1, 0.15) is 0 Å². The van der Waals surface area contributed by atoms with Crippen LogP contribution in [0.5, 0.6) is 0 Å². The zero-order chi connectivity index (χ0) is 15.3. The molecule has 0 saturated carbocycles. The van der Waals surface area contributed by atoms with Crippen LogP contribution in [0.15, 0.2) is 54.6 Å². The summed E-state index contributed by atoms with van der Waals surface area (Å²) in [5.41, 5.74) is 1.72. The maximum Gasteiger partial charge on any atom is 0.261 e. The molecule has 2 unspecified atom stereocenters. The number of carbonyl (C=O) groups excluding carboxylic acids is 1. The molecule has 0 aliphatic carbocycles. The van der Waals surface area contributed by atoms with Gasteiger partial charge in [-0.15, -0.1) is 0 Å². The first-order chi connectivity index (χ1) is 10.6. The van der Waals surface area contributed by atoms with Gasteiger partial charge in [-0.3, -0.25) is 4.79 Å². The van der Waals surface area contributed by atoms with Crippen LogP contribution in [0.1, 0.15) is 17.2 Å². The van der Waals surface area contributed by atoms with E-state index in [1.165, 1.54) is 0 Å². The standard InChI is InChI=1S/C17H14N2O2S/c1-19-13-10-6-5-9-12(13)17(15(19)20)14(21-16(22)18-17)11-7-3-2-4-8-11/h2-10,14H,1H3,(H,18,22). The minimum absolute atomic E-state index is 0.0533. The van der Waals surface area contributed by atoms with Gasteiger partial charge in [-0.05, 0) is 23.8 Å². The van der Waals surface area contributed by atoms with E-state index in [1.807, 2.05) is 54.6 Å². The second-order valence-electron chi connectivity index (χ2n) is 5.51. The van der Waals surface area contributed by atoms with Crippen molar-refractivity contribution in [3.63, 3.8) is 0 Å². The van der Waals surface area contributed by atoms with E-state index in [1.54, 1.807) is 11.9 Å². The van der Waals surface area contributed by atoms with Crippen molar-refractivity contribution in [2.75, 3.05) is 11.9 Å². The van der Waals surface area contributed by atoms with Crippen molar-refractivity contribution < 1.29 is 9.53 Å². The molecule has 2 atom stereocenters. The molecule has 1 spiro atoms. The number of rotatable bonds is 1. The summed E-state index contributed by atoms with van der Waals surface area (Å²) in [4.78, 5) is 14.7. The molecule has 5 heteroatoms. The van der Waals surface area contributed by atoms with Crippen LogP contribution < -0.4 is 10.2 Å². The second-order valence-corrected chi connectivity index (χ2v) is 5.88. The van der Waals surface area contributed by atoms with Gasteiger partial charge in [0, 0.05) is 18.3 Å². The topological polar surface area (TPSA) is 41.6 Å². The average Bonchev–Trinajstić information content (AvgIpc) is 3.01. The van der Waals surface area contributed by atoms with Crippen LogP contribution >= 0.6 is 12.2 Å². The molecule has 4 rings (SSSR count). The zero-order valence-electron chi connectivity index (χ0n) is 11.9. The van der Waals surface area contributed by atoms with Gasteiger partial charge in [0.2, 0.25) is 0 Å². The number of thiocarbonyl (C=S) groups is 1. The Balaban J connectivity index is 1.95. The van der Waals surface area contributed by atoms with E-state index in [0.717, 1.165) is 16.8 Å². The predicted molar refractivity (Wildman–Crippen MR) is 87.5 cm³/mol. The molecule has 2 heterocycles. The van der Waals surface area contributed by atoms with Gasteiger partial charge < -0.3 is 15.0 Å². The van der Waals surface area contributed by atoms with Crippen molar-refractivity contribution in [1.29, 1.82) is 0 Å². The molecular weight excluding hydrogens is 296 g/mol. The van der Waals surface area contributed by atoms with Crippen LogP contribution in [0.4, 0.5) is 5.69 Å². The van der Waals surface area contributed by atoms with Gasteiger partial charge in [-0.1, -0.05) is 48.5 Å². The zero-order valence-corrected chi connectivity index (χ0v) is 12.8. The van der Waals surface area contributed by atoms with Gasteiger partial charge >= 0.3 is 0 Å². The Bertz CT molecular complexity index is 777. The highest BCUT2D eigenvalue weighted by Gasteiger charge is 2.60. The first-order valence-electron chi connectivity index (χ1n) is 7.06. The van der Waals surface area contributed by atoms with Gasteiger partial charge in [-0.2, -0.15) is 0 Å². The molecule has 1 amide bonds. The number of fused-ring (bicyclic) bond motifs is 2. The molecule has 0 aromatic heterocycles. The largest absolute Gasteiger partial charge is 0.459 e. The van der Waals surface area contributed by atoms with E-state index in [9.17, 15) is 4.79 Å². The Morgan fingerprint density at radius 2 is 1.82 bits per heavy atom. The fraction of sp³-hybridized carbons (Fsp3) is 0.176. The summed E-state index contributed by atoms with van der Waals surface area (Å²) >= 11 is 5.22. The number of anilines is 1. The highest BCUT2D eigenvalue weighted by atomic mass is 32.1. The van der Waals surface area contributed by atoms with Gasteiger partial charge in [0.25, 0.3) is 11.1 Å². The summed E-state index contributed by atoms with van der Waals surface area (Å²) in [5, 5.41) is 3.39. The van der Waals surface area contributed by atoms with E-state index in [-0.39, 0.29) is 11.1 Å². The fourth-order valence-corrected chi connectivity index (χ4v) is 3.62. The number of ether oxygens (including phenoxy) is 1. The number of hydrogen-bond donors (Lipinski definition) is 1. The van der Waals surface area contributed by atoms with Crippen molar-refractivity contribution >= 4 is 29.0 Å². The fourth-order valence-electron chi connectivity index (χ4n) is 3.36. The normalized spacial score (nSPS) is 26.0. The molecule has 2 aliphatic rings. The first-order valence-corrected chi connectivity index (χ1v) is 7.47. The summed E-state index contributed by atoms with van der Waals surface area (Å²) in [6, 6.07) is 17.5. The second kappa shape index (κ2) is 4.55. The third-order valence-corrected chi connectivity index (χ3v) is 4.55. The third kappa shape index (κ3) is 1.57. The number of nitrogens with one attached hydrogen (secondary N) is 1. The van der Waals surface area contributed by atoms with E-state index >= 15 is 0 Å². The molecule has 2 aliphatic heterocycles. The lowest BCUT2D eigenvalue weighted by Gasteiger charge is -2.27. The molecule has 1 saturated heterocycles. The number of hydrogen-bond acceptors (Lipinski definition) is 3. The Hall–Kier alpha value is -2.40. The van der Waals surface area contributed by atoms with E-state index in [4.69, 9.17) is 17.0 Å². The Kier molecular flexibility index (Phi) is 2.74. The Morgan fingerprint density at radius 1 is 1.14 bits per heavy atom. The van der Waals surface area contributed by atoms with Gasteiger partial charge in [-0.25, -0.2) is 0 Å². The SMILES string of the molecule is CN1C(=O)C2(NC(=S)OC2c2ccccc2)c2ccccc21. The van der Waals surface area contributed by atoms with Crippen molar-refractivity contribution in [3.8, 4) is 0 Å². The van der Waals surface area contributed by atoms with Crippen molar-refractivity contribution in [2.24, 2.45) is 0 Å². The average molecular weight is 310 g/mol. The molecule has 2 aromatic carbocycles. The number of nitrogens with zero attached hydrogens (tertiary/aromatic N) is 1. The van der Waals surface area contributed by atoms with E-state index in [2.05, 4.69) is 5.32 Å². The van der Waals surface area contributed by atoms with Crippen molar-refractivity contribution in [3.05, 3.63) is 65.7 Å². The van der Waals surface area contributed by atoms with Crippen molar-refractivity contribution in [1.82, 2.24) is 5.32 Å². The minimum atomic E-state index is -0.982. The number of likely N-dealkylation sites (N-methyl/N-ethyl adjacent to an activating group) is 1. The summed E-state index contributed by atoms with van der Waals surface area (Å²) in [7, 11) is 1.78. The predicted octanol–water partition coefficient (Wildman–Crippen LogP) is 2.50. The number of para-hydroxylation sites is 1. The molecule has 22 heavy (non-hydrogen) atoms. The van der Waals surface area contributed by atoms with E-state index < -0.39 is 11.6 Å². The lowest BCUT2D eigenvalue weighted by Crippen LogP contribution is -2.49. The van der Waals surface area contributed by atoms with Crippen LogP contribution in [0.3, 0.4) is 0 Å². The third-order valence-electron chi connectivity index (χ3n) is 4.35. The molecule has 2 aromatic rings. The molecule has 4 nitrogen and oxygen atoms in total. The van der Waals surface area contributed by atoms with Crippen LogP contribution in [0.2, 0.25) is 0 Å². The molecule has 110 valence electrons. The quantitative estimate of drug-likeness (QED) is 0.822. The molecule has 0 bridgehead atoms. The van der Waals surface area contributed by atoms with Gasteiger partial charge in [0.15, 0.2) is 11.6 Å². The summed E-state index contributed by atoms with van der Waals surface area (Å²) in [6.45, 7) is 0. The Morgan fingerprint density at radius 3 is 2.59 bits per heavy atom. The maximum absolute atomic E-state index is 13.0. The Labute approximate surface area is 133 Å². The molecule has 0 radical (unpaired) electrons.